The number of anilines is 1. The van der Waals surface area contributed by atoms with Gasteiger partial charge in [-0.2, -0.15) is 0 Å². The summed E-state index contributed by atoms with van der Waals surface area (Å²) in [5.74, 6) is 0.683. The molecule has 0 saturated carbocycles. The van der Waals surface area contributed by atoms with Gasteiger partial charge in [-0.1, -0.05) is 0 Å². The predicted octanol–water partition coefficient (Wildman–Crippen LogP) is 4.10. The van der Waals surface area contributed by atoms with Crippen LogP contribution in [0.4, 0.5) is 10.1 Å². The van der Waals surface area contributed by atoms with Crippen molar-refractivity contribution in [1.82, 2.24) is 14.3 Å². The Labute approximate surface area is 189 Å². The minimum atomic E-state index is -0.237. The summed E-state index contributed by atoms with van der Waals surface area (Å²) in [6, 6.07) is 14.3. The van der Waals surface area contributed by atoms with Gasteiger partial charge in [-0.3, -0.25) is 9.20 Å². The number of nitrogens with zero attached hydrogens (tertiary/aromatic N) is 4. The molecule has 1 saturated heterocycles. The zero-order valence-electron chi connectivity index (χ0n) is 17.7. The van der Waals surface area contributed by atoms with E-state index in [1.54, 1.807) is 30.6 Å². The Balaban J connectivity index is 1.25. The second kappa shape index (κ2) is 8.63. The Kier molecular flexibility index (Phi) is 5.53. The SMILES string of the molecule is COc1ccc(-c2cn3c(CC(=O)N4CCN(c5ccc(F)cc5)CC4)csc3n2)cc1. The van der Waals surface area contributed by atoms with Gasteiger partial charge >= 0.3 is 0 Å². The number of rotatable bonds is 5. The third kappa shape index (κ3) is 4.05. The van der Waals surface area contributed by atoms with E-state index in [0.29, 0.717) is 19.5 Å². The van der Waals surface area contributed by atoms with Crippen LogP contribution in [0.1, 0.15) is 5.69 Å². The van der Waals surface area contributed by atoms with Crippen LogP contribution in [0, 0.1) is 5.82 Å². The summed E-state index contributed by atoms with van der Waals surface area (Å²) in [6.45, 7) is 2.79. The van der Waals surface area contributed by atoms with E-state index in [-0.39, 0.29) is 11.7 Å². The van der Waals surface area contributed by atoms with Crippen LogP contribution >= 0.6 is 11.3 Å². The second-order valence-electron chi connectivity index (χ2n) is 7.76. The summed E-state index contributed by atoms with van der Waals surface area (Å²) in [5.41, 5.74) is 3.82. The highest BCUT2D eigenvalue weighted by Crippen LogP contribution is 2.26. The normalized spacial score (nSPS) is 14.2. The molecule has 4 aromatic rings. The molecule has 3 heterocycles. The molecule has 0 bridgehead atoms. The number of methoxy groups -OCH3 is 1. The lowest BCUT2D eigenvalue weighted by atomic mass is 10.1. The van der Waals surface area contributed by atoms with Gasteiger partial charge < -0.3 is 14.5 Å². The van der Waals surface area contributed by atoms with Gasteiger partial charge in [-0.25, -0.2) is 9.37 Å². The number of amides is 1. The number of hydrogen-bond acceptors (Lipinski definition) is 5. The van der Waals surface area contributed by atoms with E-state index in [1.165, 1.54) is 12.1 Å². The molecule has 0 N–H and O–H groups in total. The standard InChI is InChI=1S/C24H23FN4O2S/c1-31-21-8-2-17(3-9-21)22-15-29-20(16-32-24(29)26-22)14-23(30)28-12-10-27(11-13-28)19-6-4-18(25)5-7-19/h2-9,15-16H,10-14H2,1H3. The highest BCUT2D eigenvalue weighted by molar-refractivity contribution is 7.15. The van der Waals surface area contributed by atoms with Crippen LogP contribution in [0.25, 0.3) is 16.2 Å². The van der Waals surface area contributed by atoms with E-state index in [9.17, 15) is 9.18 Å². The van der Waals surface area contributed by atoms with Crippen LogP contribution in [0.5, 0.6) is 5.75 Å². The molecule has 1 aliphatic heterocycles. The number of thiazole rings is 1. The summed E-state index contributed by atoms with van der Waals surface area (Å²) in [7, 11) is 1.65. The van der Waals surface area contributed by atoms with Gasteiger partial charge in [0, 0.05) is 54.7 Å². The molecular weight excluding hydrogens is 427 g/mol. The average molecular weight is 451 g/mol. The predicted molar refractivity (Wildman–Crippen MR) is 124 cm³/mol. The van der Waals surface area contributed by atoms with Gasteiger partial charge in [-0.05, 0) is 48.5 Å². The fraction of sp³-hybridized carbons (Fsp3) is 0.250. The molecule has 0 spiro atoms. The smallest absolute Gasteiger partial charge is 0.228 e. The molecule has 0 atom stereocenters. The number of hydrogen-bond donors (Lipinski definition) is 0. The summed E-state index contributed by atoms with van der Waals surface area (Å²) >= 11 is 1.54. The van der Waals surface area contributed by atoms with Crippen molar-refractivity contribution in [2.24, 2.45) is 0 Å². The van der Waals surface area contributed by atoms with Crippen LogP contribution in [-0.2, 0) is 11.2 Å². The van der Waals surface area contributed by atoms with Gasteiger partial charge in [-0.15, -0.1) is 11.3 Å². The van der Waals surface area contributed by atoms with Crippen LogP contribution < -0.4 is 9.64 Å². The van der Waals surface area contributed by atoms with Crippen molar-refractivity contribution in [2.45, 2.75) is 6.42 Å². The van der Waals surface area contributed by atoms with Crippen molar-refractivity contribution in [3.05, 3.63) is 71.6 Å². The maximum Gasteiger partial charge on any atom is 0.228 e. The molecule has 1 amide bonds. The zero-order valence-corrected chi connectivity index (χ0v) is 18.5. The number of aromatic nitrogens is 2. The van der Waals surface area contributed by atoms with Gasteiger partial charge in [0.05, 0.1) is 19.2 Å². The first-order valence-corrected chi connectivity index (χ1v) is 11.4. The van der Waals surface area contributed by atoms with Crippen molar-refractivity contribution < 1.29 is 13.9 Å². The van der Waals surface area contributed by atoms with E-state index in [1.807, 2.05) is 45.1 Å². The molecule has 5 rings (SSSR count). The lowest BCUT2D eigenvalue weighted by Gasteiger charge is -2.36. The summed E-state index contributed by atoms with van der Waals surface area (Å²) in [4.78, 5) is 22.6. The molecular formula is C24H23FN4O2S. The molecule has 8 heteroatoms. The lowest BCUT2D eigenvalue weighted by molar-refractivity contribution is -0.130. The van der Waals surface area contributed by atoms with E-state index in [4.69, 9.17) is 9.72 Å². The molecule has 1 aliphatic rings. The molecule has 0 unspecified atom stereocenters. The number of carbonyl (C=O) groups is 1. The van der Waals surface area contributed by atoms with Crippen molar-refractivity contribution >= 4 is 27.9 Å². The van der Waals surface area contributed by atoms with Gasteiger partial charge in [0.1, 0.15) is 11.6 Å². The van der Waals surface area contributed by atoms with Crippen molar-refractivity contribution in [1.29, 1.82) is 0 Å². The number of carbonyl (C=O) groups excluding carboxylic acids is 1. The van der Waals surface area contributed by atoms with E-state index < -0.39 is 0 Å². The Morgan fingerprint density at radius 1 is 1.06 bits per heavy atom. The third-order valence-electron chi connectivity index (χ3n) is 5.83. The minimum Gasteiger partial charge on any atom is -0.497 e. The molecule has 2 aromatic carbocycles. The number of fused-ring (bicyclic) bond motifs is 1. The van der Waals surface area contributed by atoms with Crippen molar-refractivity contribution in [3.8, 4) is 17.0 Å². The Bertz CT molecular complexity index is 1230. The average Bonchev–Trinajstić information content (AvgIpc) is 3.42. The summed E-state index contributed by atoms with van der Waals surface area (Å²) < 4.78 is 20.4. The molecule has 164 valence electrons. The van der Waals surface area contributed by atoms with Gasteiger partial charge in [0.25, 0.3) is 0 Å². The molecule has 32 heavy (non-hydrogen) atoms. The summed E-state index contributed by atoms with van der Waals surface area (Å²) in [5, 5.41) is 2.01. The van der Waals surface area contributed by atoms with Gasteiger partial charge in [0.2, 0.25) is 5.91 Å². The number of ether oxygens (including phenoxy) is 1. The second-order valence-corrected chi connectivity index (χ2v) is 8.59. The van der Waals surface area contributed by atoms with Crippen LogP contribution in [0.15, 0.2) is 60.1 Å². The topological polar surface area (TPSA) is 50.1 Å². The number of benzene rings is 2. The van der Waals surface area contributed by atoms with Crippen LogP contribution in [0.3, 0.4) is 0 Å². The zero-order chi connectivity index (χ0) is 22.1. The maximum absolute atomic E-state index is 13.2. The molecule has 2 aromatic heterocycles. The minimum absolute atomic E-state index is 0.114. The first-order valence-electron chi connectivity index (χ1n) is 10.5. The molecule has 1 fully saturated rings. The number of imidazole rings is 1. The first kappa shape index (κ1) is 20.5. The number of piperazine rings is 1. The molecule has 6 nitrogen and oxygen atoms in total. The first-order chi connectivity index (χ1) is 15.6. The highest BCUT2D eigenvalue weighted by Gasteiger charge is 2.22. The molecule has 0 aliphatic carbocycles. The number of halogens is 1. The quantitative estimate of drug-likeness (QED) is 0.459. The fourth-order valence-electron chi connectivity index (χ4n) is 3.99. The van der Waals surface area contributed by atoms with E-state index >= 15 is 0 Å². The fourth-order valence-corrected chi connectivity index (χ4v) is 4.86. The van der Waals surface area contributed by atoms with E-state index in [0.717, 1.165) is 46.4 Å². The van der Waals surface area contributed by atoms with E-state index in [2.05, 4.69) is 4.90 Å². The monoisotopic (exact) mass is 450 g/mol. The van der Waals surface area contributed by atoms with Gasteiger partial charge in [0.15, 0.2) is 4.96 Å². The third-order valence-corrected chi connectivity index (χ3v) is 6.71. The molecule has 0 radical (unpaired) electrons. The van der Waals surface area contributed by atoms with Crippen LogP contribution in [-0.4, -0.2) is 53.5 Å². The Morgan fingerprint density at radius 2 is 1.78 bits per heavy atom. The Morgan fingerprint density at radius 3 is 2.47 bits per heavy atom. The lowest BCUT2D eigenvalue weighted by Crippen LogP contribution is -2.49. The van der Waals surface area contributed by atoms with Crippen molar-refractivity contribution in [3.63, 3.8) is 0 Å². The largest absolute Gasteiger partial charge is 0.497 e. The maximum atomic E-state index is 13.2. The van der Waals surface area contributed by atoms with Crippen LogP contribution in [0.2, 0.25) is 0 Å². The van der Waals surface area contributed by atoms with Crippen molar-refractivity contribution in [2.75, 3.05) is 38.2 Å². The summed E-state index contributed by atoms with van der Waals surface area (Å²) in [6.07, 6.45) is 2.33. The Hall–Kier alpha value is -3.39. The highest BCUT2D eigenvalue weighted by atomic mass is 32.1.